The van der Waals surface area contributed by atoms with Crippen LogP contribution in [0.25, 0.3) is 0 Å². The Labute approximate surface area is 90.7 Å². The molecule has 3 heteroatoms. The van der Waals surface area contributed by atoms with Crippen LogP contribution in [0.5, 0.6) is 5.75 Å². The number of rotatable bonds is 3. The van der Waals surface area contributed by atoms with Crippen LogP contribution in [0.15, 0.2) is 24.3 Å². The van der Waals surface area contributed by atoms with E-state index in [1.807, 2.05) is 18.2 Å². The van der Waals surface area contributed by atoms with Crippen LogP contribution in [0.3, 0.4) is 0 Å². The summed E-state index contributed by atoms with van der Waals surface area (Å²) in [5.74, 6) is 0.393. The lowest BCUT2D eigenvalue weighted by Gasteiger charge is -2.39. The summed E-state index contributed by atoms with van der Waals surface area (Å²) in [7, 11) is 2.11. The molecule has 82 valence electrons. The number of phenols is 1. The van der Waals surface area contributed by atoms with E-state index in [4.69, 9.17) is 0 Å². The summed E-state index contributed by atoms with van der Waals surface area (Å²) in [6, 6.07) is 8.42. The van der Waals surface area contributed by atoms with Gasteiger partial charge in [-0.3, -0.25) is 4.90 Å². The fraction of sp³-hybridized carbons (Fsp3) is 0.500. The first-order chi connectivity index (χ1) is 7.20. The van der Waals surface area contributed by atoms with Gasteiger partial charge in [-0.25, -0.2) is 0 Å². The number of para-hydroxylation sites is 1. The third-order valence-corrected chi connectivity index (χ3v) is 3.33. The van der Waals surface area contributed by atoms with Gasteiger partial charge in [0.15, 0.2) is 0 Å². The first-order valence-electron chi connectivity index (χ1n) is 5.40. The predicted molar refractivity (Wildman–Crippen MR) is 60.9 cm³/mol. The number of aromatic hydroxyl groups is 1. The highest BCUT2D eigenvalue weighted by Gasteiger charge is 2.26. The highest BCUT2D eigenvalue weighted by Crippen LogP contribution is 2.28. The van der Waals surface area contributed by atoms with Crippen LogP contribution in [0.2, 0.25) is 0 Å². The molecule has 15 heavy (non-hydrogen) atoms. The topological polar surface area (TPSA) is 35.5 Å². The van der Waals surface area contributed by atoms with E-state index < -0.39 is 0 Å². The van der Waals surface area contributed by atoms with Crippen molar-refractivity contribution in [2.75, 3.05) is 20.1 Å². The van der Waals surface area contributed by atoms with Gasteiger partial charge < -0.3 is 10.4 Å². The van der Waals surface area contributed by atoms with Crippen LogP contribution < -0.4 is 5.32 Å². The molecule has 1 heterocycles. The van der Waals surface area contributed by atoms with E-state index in [0.717, 1.165) is 18.7 Å². The van der Waals surface area contributed by atoms with Crippen LogP contribution in [-0.4, -0.2) is 36.2 Å². The van der Waals surface area contributed by atoms with Crippen LogP contribution >= 0.6 is 0 Å². The van der Waals surface area contributed by atoms with Gasteiger partial charge in [0, 0.05) is 30.7 Å². The fourth-order valence-corrected chi connectivity index (χ4v) is 1.94. The van der Waals surface area contributed by atoms with Crippen molar-refractivity contribution in [1.82, 2.24) is 10.2 Å². The van der Waals surface area contributed by atoms with Gasteiger partial charge in [0.25, 0.3) is 0 Å². The maximum Gasteiger partial charge on any atom is 0.120 e. The van der Waals surface area contributed by atoms with Crippen molar-refractivity contribution in [3.8, 4) is 5.75 Å². The van der Waals surface area contributed by atoms with Gasteiger partial charge in [0.2, 0.25) is 0 Å². The SMILES string of the molecule is CC(c1ccccc1O)N(C)C1CNC1. The lowest BCUT2D eigenvalue weighted by Crippen LogP contribution is -2.56. The molecule has 1 aliphatic rings. The summed E-state index contributed by atoms with van der Waals surface area (Å²) in [4.78, 5) is 2.31. The van der Waals surface area contributed by atoms with Gasteiger partial charge in [0.05, 0.1) is 0 Å². The second-order valence-electron chi connectivity index (χ2n) is 4.21. The largest absolute Gasteiger partial charge is 0.508 e. The normalized spacial score (nSPS) is 18.9. The molecule has 0 aliphatic carbocycles. The molecule has 3 nitrogen and oxygen atoms in total. The van der Waals surface area contributed by atoms with E-state index in [-0.39, 0.29) is 6.04 Å². The Morgan fingerprint density at radius 2 is 2.07 bits per heavy atom. The van der Waals surface area contributed by atoms with E-state index in [9.17, 15) is 5.11 Å². The molecule has 2 N–H and O–H groups in total. The molecule has 0 spiro atoms. The molecule has 0 aromatic heterocycles. The van der Waals surface area contributed by atoms with Gasteiger partial charge in [-0.05, 0) is 20.0 Å². The van der Waals surface area contributed by atoms with Gasteiger partial charge in [-0.2, -0.15) is 0 Å². The molecule has 0 bridgehead atoms. The third kappa shape index (κ3) is 1.98. The minimum absolute atomic E-state index is 0.262. The molecule has 1 aromatic rings. The van der Waals surface area contributed by atoms with Crippen LogP contribution in [0.4, 0.5) is 0 Å². The van der Waals surface area contributed by atoms with Crippen LogP contribution in [0, 0.1) is 0 Å². The molecular formula is C12H18N2O. The summed E-state index contributed by atoms with van der Waals surface area (Å²) in [5, 5.41) is 13.0. The van der Waals surface area contributed by atoms with E-state index in [2.05, 4.69) is 24.2 Å². The Morgan fingerprint density at radius 1 is 1.40 bits per heavy atom. The quantitative estimate of drug-likeness (QED) is 0.783. The number of hydrogen-bond acceptors (Lipinski definition) is 3. The Morgan fingerprint density at radius 3 is 2.60 bits per heavy atom. The average molecular weight is 206 g/mol. The number of phenolic OH excluding ortho intramolecular Hbond substituents is 1. The van der Waals surface area contributed by atoms with Crippen molar-refractivity contribution in [2.45, 2.75) is 19.0 Å². The molecule has 0 saturated carbocycles. The van der Waals surface area contributed by atoms with Crippen LogP contribution in [0.1, 0.15) is 18.5 Å². The predicted octanol–water partition coefficient (Wildman–Crippen LogP) is 1.36. The molecule has 1 atom stereocenters. The highest BCUT2D eigenvalue weighted by atomic mass is 16.3. The molecule has 1 fully saturated rings. The Bertz CT molecular complexity index is 336. The Hall–Kier alpha value is -1.06. The third-order valence-electron chi connectivity index (χ3n) is 3.33. The zero-order valence-electron chi connectivity index (χ0n) is 9.27. The van der Waals surface area contributed by atoms with Crippen molar-refractivity contribution in [3.05, 3.63) is 29.8 Å². The average Bonchev–Trinajstić information content (AvgIpc) is 2.15. The molecule has 2 rings (SSSR count). The van der Waals surface area contributed by atoms with Crippen molar-refractivity contribution < 1.29 is 5.11 Å². The van der Waals surface area contributed by atoms with Gasteiger partial charge in [-0.15, -0.1) is 0 Å². The van der Waals surface area contributed by atoms with Crippen molar-refractivity contribution in [2.24, 2.45) is 0 Å². The van der Waals surface area contributed by atoms with Crippen molar-refractivity contribution in [1.29, 1.82) is 0 Å². The summed E-state index contributed by atoms with van der Waals surface area (Å²) in [6.07, 6.45) is 0. The molecule has 1 aliphatic heterocycles. The number of nitrogens with zero attached hydrogens (tertiary/aromatic N) is 1. The number of hydrogen-bond donors (Lipinski definition) is 2. The molecule has 1 unspecified atom stereocenters. The van der Waals surface area contributed by atoms with Gasteiger partial charge >= 0.3 is 0 Å². The van der Waals surface area contributed by atoms with Crippen molar-refractivity contribution in [3.63, 3.8) is 0 Å². The van der Waals surface area contributed by atoms with Gasteiger partial charge in [-0.1, -0.05) is 18.2 Å². The summed E-state index contributed by atoms with van der Waals surface area (Å²) >= 11 is 0. The summed E-state index contributed by atoms with van der Waals surface area (Å²) in [6.45, 7) is 4.23. The van der Waals surface area contributed by atoms with Crippen molar-refractivity contribution >= 4 is 0 Å². The molecule has 0 amide bonds. The zero-order valence-corrected chi connectivity index (χ0v) is 9.27. The lowest BCUT2D eigenvalue weighted by atomic mass is 10.0. The highest BCUT2D eigenvalue weighted by molar-refractivity contribution is 5.34. The number of likely N-dealkylation sites (N-methyl/N-ethyl adjacent to an activating group) is 1. The van der Waals surface area contributed by atoms with Crippen LogP contribution in [-0.2, 0) is 0 Å². The summed E-state index contributed by atoms with van der Waals surface area (Å²) in [5.41, 5.74) is 1.01. The maximum absolute atomic E-state index is 9.76. The molecule has 1 aromatic carbocycles. The minimum Gasteiger partial charge on any atom is -0.508 e. The first kappa shape index (κ1) is 10.5. The Kier molecular flexibility index (Phi) is 2.93. The standard InChI is InChI=1S/C12H18N2O/c1-9(14(2)10-7-13-8-10)11-5-3-4-6-12(11)15/h3-6,9-10,13,15H,7-8H2,1-2H3. The number of benzene rings is 1. The van der Waals surface area contributed by atoms with E-state index in [0.29, 0.717) is 11.8 Å². The summed E-state index contributed by atoms with van der Waals surface area (Å²) < 4.78 is 0. The monoisotopic (exact) mass is 206 g/mol. The first-order valence-corrected chi connectivity index (χ1v) is 5.40. The second-order valence-corrected chi connectivity index (χ2v) is 4.21. The lowest BCUT2D eigenvalue weighted by molar-refractivity contribution is 0.135. The minimum atomic E-state index is 0.262. The zero-order chi connectivity index (χ0) is 10.8. The van der Waals surface area contributed by atoms with Gasteiger partial charge in [0.1, 0.15) is 5.75 Å². The van der Waals surface area contributed by atoms with E-state index in [1.54, 1.807) is 6.07 Å². The second kappa shape index (κ2) is 4.21. The molecular weight excluding hydrogens is 188 g/mol. The smallest absolute Gasteiger partial charge is 0.120 e. The van der Waals surface area contributed by atoms with E-state index >= 15 is 0 Å². The maximum atomic E-state index is 9.76. The number of nitrogens with one attached hydrogen (secondary N) is 1. The van der Waals surface area contributed by atoms with E-state index in [1.165, 1.54) is 0 Å². The fourth-order valence-electron chi connectivity index (χ4n) is 1.94. The molecule has 0 radical (unpaired) electrons. The Balaban J connectivity index is 2.12. The molecule has 1 saturated heterocycles.